The average Bonchev–Trinajstić information content (AvgIpc) is 3.20. The van der Waals surface area contributed by atoms with Crippen LogP contribution in [0.2, 0.25) is 0 Å². The molecule has 4 aromatic carbocycles. The van der Waals surface area contributed by atoms with E-state index in [1.54, 1.807) is 0 Å². The monoisotopic (exact) mass is 733 g/mol. The van der Waals surface area contributed by atoms with Crippen LogP contribution in [0.25, 0.3) is 32.3 Å². The van der Waals surface area contributed by atoms with Crippen molar-refractivity contribution >= 4 is 32.3 Å². The Bertz CT molecular complexity index is 1570. The van der Waals surface area contributed by atoms with Crippen molar-refractivity contribution in [3.05, 3.63) is 47.5 Å². The summed E-state index contributed by atoms with van der Waals surface area (Å²) in [5.74, 6) is 1.57. The lowest BCUT2D eigenvalue weighted by molar-refractivity contribution is 0.263. The van der Waals surface area contributed by atoms with Crippen molar-refractivity contribution in [2.24, 2.45) is 0 Å². The van der Waals surface area contributed by atoms with E-state index in [1.807, 2.05) is 24.3 Å². The van der Waals surface area contributed by atoms with Gasteiger partial charge in [0.25, 0.3) is 0 Å². The van der Waals surface area contributed by atoms with Crippen LogP contribution in [-0.2, 0) is 0 Å². The van der Waals surface area contributed by atoms with Gasteiger partial charge in [0.15, 0.2) is 11.5 Å². The molecule has 0 saturated carbocycles. The predicted molar refractivity (Wildman–Crippen MR) is 231 cm³/mol. The average molecular weight is 733 g/mol. The molecular weight excluding hydrogens is 661 g/mol. The summed E-state index contributed by atoms with van der Waals surface area (Å²) >= 11 is 0. The molecular formula is C50H72N2O2. The molecule has 0 N–H and O–H groups in total. The first kappa shape index (κ1) is 43.2. The Kier molecular flexibility index (Phi) is 21.1. The quantitative estimate of drug-likeness (QED) is 0.0370. The van der Waals surface area contributed by atoms with Crippen molar-refractivity contribution in [2.75, 3.05) is 13.2 Å². The van der Waals surface area contributed by atoms with Gasteiger partial charge >= 0.3 is 0 Å². The lowest BCUT2D eigenvalue weighted by Crippen LogP contribution is -2.05. The minimum Gasteiger partial charge on any atom is -0.489 e. The first-order valence-corrected chi connectivity index (χ1v) is 22.6. The smallest absolute Gasteiger partial charge is 0.169 e. The maximum atomic E-state index is 10.2. The normalized spacial score (nSPS) is 11.5. The lowest BCUT2D eigenvalue weighted by atomic mass is 9.87. The minimum atomic E-state index is 0.442. The fourth-order valence-corrected chi connectivity index (χ4v) is 8.41. The van der Waals surface area contributed by atoms with Gasteiger partial charge in [-0.2, -0.15) is 10.5 Å². The van der Waals surface area contributed by atoms with Crippen molar-refractivity contribution in [1.82, 2.24) is 0 Å². The summed E-state index contributed by atoms with van der Waals surface area (Å²) in [6.45, 7) is 5.85. The summed E-state index contributed by atoms with van der Waals surface area (Å²) in [6.07, 6.45) is 37.2. The highest BCUT2D eigenvalue weighted by Crippen LogP contribution is 2.49. The summed E-state index contributed by atoms with van der Waals surface area (Å²) in [5, 5.41) is 25.9. The van der Waals surface area contributed by atoms with E-state index in [0.29, 0.717) is 24.3 Å². The summed E-state index contributed by atoms with van der Waals surface area (Å²) < 4.78 is 13.4. The highest BCUT2D eigenvalue weighted by molar-refractivity contribution is 6.28. The van der Waals surface area contributed by atoms with Crippen LogP contribution in [0.4, 0.5) is 0 Å². The molecule has 4 rings (SSSR count). The molecule has 0 fully saturated rings. The van der Waals surface area contributed by atoms with Crippen LogP contribution < -0.4 is 9.47 Å². The van der Waals surface area contributed by atoms with E-state index in [-0.39, 0.29) is 0 Å². The highest BCUT2D eigenvalue weighted by atomic mass is 16.5. The second-order valence-electron chi connectivity index (χ2n) is 16.0. The summed E-state index contributed by atoms with van der Waals surface area (Å²) in [5.41, 5.74) is 0.884. The van der Waals surface area contributed by atoms with E-state index in [4.69, 9.17) is 9.47 Å². The molecule has 0 spiro atoms. The SMILES string of the molecule is CCCCCCCCCCCCCCCCOc1c(OCCCCCCCCCCCCCCCC)c2cccc3c(C#N)c(C#N)c4cccc1c4c32. The molecule has 0 aliphatic heterocycles. The zero-order valence-electron chi connectivity index (χ0n) is 34.4. The third kappa shape index (κ3) is 13.4. The van der Waals surface area contributed by atoms with Crippen LogP contribution in [0.15, 0.2) is 36.4 Å². The third-order valence-corrected chi connectivity index (χ3v) is 11.6. The van der Waals surface area contributed by atoms with Crippen molar-refractivity contribution < 1.29 is 9.47 Å². The minimum absolute atomic E-state index is 0.442. The largest absolute Gasteiger partial charge is 0.489 e. The number of ether oxygens (including phenoxy) is 2. The molecule has 4 heteroatoms. The molecule has 54 heavy (non-hydrogen) atoms. The molecule has 0 radical (unpaired) electrons. The predicted octanol–water partition coefficient (Wildman–Crippen LogP) is 16.0. The molecule has 0 heterocycles. The molecule has 0 unspecified atom stereocenters. The topological polar surface area (TPSA) is 66.0 Å². The Hall–Kier alpha value is -3.50. The fourth-order valence-electron chi connectivity index (χ4n) is 8.41. The molecule has 0 aliphatic rings. The molecule has 294 valence electrons. The van der Waals surface area contributed by atoms with Gasteiger partial charge in [0.05, 0.1) is 24.3 Å². The van der Waals surface area contributed by atoms with Gasteiger partial charge in [-0.05, 0) is 12.8 Å². The van der Waals surface area contributed by atoms with Crippen LogP contribution in [0.3, 0.4) is 0 Å². The number of hydrogen-bond acceptors (Lipinski definition) is 4. The van der Waals surface area contributed by atoms with Crippen LogP contribution in [0.5, 0.6) is 11.5 Å². The molecule has 0 amide bonds. The van der Waals surface area contributed by atoms with Crippen molar-refractivity contribution in [2.45, 2.75) is 194 Å². The number of rotatable bonds is 32. The Morgan fingerprint density at radius 2 is 0.630 bits per heavy atom. The van der Waals surface area contributed by atoms with E-state index in [1.165, 1.54) is 167 Å². The van der Waals surface area contributed by atoms with Gasteiger partial charge in [0.2, 0.25) is 0 Å². The maximum absolute atomic E-state index is 10.2. The Balaban J connectivity index is 1.30. The zero-order chi connectivity index (χ0) is 38.1. The Morgan fingerprint density at radius 1 is 0.370 bits per heavy atom. The number of benzene rings is 4. The highest BCUT2D eigenvalue weighted by Gasteiger charge is 2.24. The second-order valence-corrected chi connectivity index (χ2v) is 16.0. The molecule has 0 aliphatic carbocycles. The van der Waals surface area contributed by atoms with Crippen LogP contribution in [0.1, 0.15) is 205 Å². The van der Waals surface area contributed by atoms with Gasteiger partial charge in [-0.15, -0.1) is 0 Å². The van der Waals surface area contributed by atoms with Crippen molar-refractivity contribution in [1.29, 1.82) is 10.5 Å². The number of hydrogen-bond donors (Lipinski definition) is 0. The first-order chi connectivity index (χ1) is 26.8. The Morgan fingerprint density at radius 3 is 0.907 bits per heavy atom. The van der Waals surface area contributed by atoms with Gasteiger partial charge in [-0.25, -0.2) is 0 Å². The summed E-state index contributed by atoms with van der Waals surface area (Å²) in [7, 11) is 0. The van der Waals surface area contributed by atoms with Crippen LogP contribution in [-0.4, -0.2) is 13.2 Å². The van der Waals surface area contributed by atoms with Gasteiger partial charge in [-0.3, -0.25) is 0 Å². The fraction of sp³-hybridized carbons (Fsp3) is 0.640. The van der Waals surface area contributed by atoms with E-state index < -0.39 is 0 Å². The maximum Gasteiger partial charge on any atom is 0.169 e. The second kappa shape index (κ2) is 26.3. The van der Waals surface area contributed by atoms with Gasteiger partial charge < -0.3 is 9.47 Å². The summed E-state index contributed by atoms with van der Waals surface area (Å²) in [6, 6.07) is 16.8. The first-order valence-electron chi connectivity index (χ1n) is 22.6. The standard InChI is InChI=1S/C50H72N2O2/c1-3-5-7-9-11-13-15-17-19-21-23-25-27-29-37-53-49-43-35-31-33-41-45(39-51)46(40-52)42-34-32-36-44(48(42)47(41)43)50(49)54-38-30-28-26-24-22-20-18-16-14-12-10-8-6-4-2/h31-36H,3-30,37-38H2,1-2H3. The molecule has 4 nitrogen and oxygen atoms in total. The van der Waals surface area contributed by atoms with E-state index in [9.17, 15) is 10.5 Å². The van der Waals surface area contributed by atoms with Crippen molar-refractivity contribution in [3.8, 4) is 23.6 Å². The summed E-state index contributed by atoms with van der Waals surface area (Å²) in [4.78, 5) is 0. The van der Waals surface area contributed by atoms with Crippen molar-refractivity contribution in [3.63, 3.8) is 0 Å². The van der Waals surface area contributed by atoms with Gasteiger partial charge in [0.1, 0.15) is 12.1 Å². The van der Waals surface area contributed by atoms with E-state index >= 15 is 0 Å². The van der Waals surface area contributed by atoms with Crippen LogP contribution >= 0.6 is 0 Å². The number of nitrogens with zero attached hydrogens (tertiary/aromatic N) is 2. The van der Waals surface area contributed by atoms with Gasteiger partial charge in [-0.1, -0.05) is 217 Å². The third-order valence-electron chi connectivity index (χ3n) is 11.6. The Labute approximate surface area is 329 Å². The zero-order valence-corrected chi connectivity index (χ0v) is 34.4. The molecule has 0 saturated heterocycles. The lowest BCUT2D eigenvalue weighted by Gasteiger charge is -2.21. The van der Waals surface area contributed by atoms with E-state index in [2.05, 4.69) is 38.1 Å². The molecule has 0 atom stereocenters. The number of unbranched alkanes of at least 4 members (excludes halogenated alkanes) is 26. The molecule has 0 bridgehead atoms. The molecule has 0 aromatic heterocycles. The van der Waals surface area contributed by atoms with E-state index in [0.717, 1.165) is 56.7 Å². The van der Waals surface area contributed by atoms with Crippen LogP contribution in [0, 0.1) is 22.7 Å². The molecule has 4 aromatic rings. The van der Waals surface area contributed by atoms with Gasteiger partial charge in [0, 0.05) is 32.3 Å². The number of nitriles is 2.